The van der Waals surface area contributed by atoms with Gasteiger partial charge in [-0.15, -0.1) is 11.3 Å². The van der Waals surface area contributed by atoms with Gasteiger partial charge in [-0.25, -0.2) is 0 Å². The second-order valence-corrected chi connectivity index (χ2v) is 7.43. The van der Waals surface area contributed by atoms with Crippen LogP contribution in [0, 0.1) is 0 Å². The van der Waals surface area contributed by atoms with Gasteiger partial charge in [-0.1, -0.05) is 48.0 Å². The average molecular weight is 378 g/mol. The molecule has 126 valence electrons. The van der Waals surface area contributed by atoms with Gasteiger partial charge in [0.1, 0.15) is 16.0 Å². The quantitative estimate of drug-likeness (QED) is 0.371. The predicted octanol–water partition coefficient (Wildman–Crippen LogP) is 6.71. The molecule has 0 aliphatic heterocycles. The zero-order valence-electron chi connectivity index (χ0n) is 13.5. The first-order valence-electron chi connectivity index (χ1n) is 8.10. The summed E-state index contributed by atoms with van der Waals surface area (Å²) in [5, 5.41) is 6.41. The van der Waals surface area contributed by atoms with Crippen molar-refractivity contribution < 1.29 is 9.21 Å². The predicted molar refractivity (Wildman–Crippen MR) is 109 cm³/mol. The van der Waals surface area contributed by atoms with Crippen molar-refractivity contribution in [1.82, 2.24) is 0 Å². The van der Waals surface area contributed by atoms with Gasteiger partial charge in [0.15, 0.2) is 0 Å². The highest BCUT2D eigenvalue weighted by atomic mass is 35.5. The molecule has 0 atom stereocenters. The molecule has 0 aliphatic carbocycles. The van der Waals surface area contributed by atoms with Crippen molar-refractivity contribution in [2.45, 2.75) is 0 Å². The number of anilines is 1. The summed E-state index contributed by atoms with van der Waals surface area (Å²) in [6, 6.07) is 21.3. The lowest BCUT2D eigenvalue weighted by molar-refractivity contribution is 0.103. The lowest BCUT2D eigenvalue weighted by atomic mass is 10.1. The third-order valence-electron chi connectivity index (χ3n) is 4.38. The summed E-state index contributed by atoms with van der Waals surface area (Å²) >= 11 is 7.79. The largest absolute Gasteiger partial charge is 0.456 e. The maximum Gasteiger partial charge on any atom is 0.267 e. The van der Waals surface area contributed by atoms with E-state index >= 15 is 0 Å². The van der Waals surface area contributed by atoms with Crippen LogP contribution in [0.1, 0.15) is 9.67 Å². The van der Waals surface area contributed by atoms with Crippen LogP contribution in [0.4, 0.5) is 5.69 Å². The van der Waals surface area contributed by atoms with Gasteiger partial charge in [0.25, 0.3) is 5.91 Å². The number of thiophene rings is 1. The van der Waals surface area contributed by atoms with Gasteiger partial charge in [-0.2, -0.15) is 0 Å². The van der Waals surface area contributed by atoms with Crippen LogP contribution in [0.3, 0.4) is 0 Å². The molecule has 0 spiro atoms. The number of carbonyl (C=O) groups is 1. The molecular weight excluding hydrogens is 366 g/mol. The minimum atomic E-state index is -0.216. The molecule has 3 aromatic carbocycles. The lowest BCUT2D eigenvalue weighted by Crippen LogP contribution is -2.10. The van der Waals surface area contributed by atoms with Crippen molar-refractivity contribution in [3.05, 3.63) is 76.6 Å². The number of benzene rings is 3. The van der Waals surface area contributed by atoms with Gasteiger partial charge in [0.2, 0.25) is 0 Å². The van der Waals surface area contributed by atoms with Crippen LogP contribution in [0.2, 0.25) is 5.02 Å². The van der Waals surface area contributed by atoms with Crippen molar-refractivity contribution in [1.29, 1.82) is 0 Å². The van der Waals surface area contributed by atoms with Gasteiger partial charge in [-0.3, -0.25) is 4.79 Å². The second-order valence-electron chi connectivity index (χ2n) is 6.00. The van der Waals surface area contributed by atoms with Crippen LogP contribution in [0.25, 0.3) is 32.0 Å². The third kappa shape index (κ3) is 2.38. The lowest BCUT2D eigenvalue weighted by Gasteiger charge is -2.04. The summed E-state index contributed by atoms with van der Waals surface area (Å²) in [4.78, 5) is 13.2. The third-order valence-corrected chi connectivity index (χ3v) is 6.05. The maximum absolute atomic E-state index is 12.7. The molecule has 5 aromatic rings. The molecule has 2 heterocycles. The van der Waals surface area contributed by atoms with Gasteiger partial charge in [-0.05, 0) is 24.3 Å². The minimum Gasteiger partial charge on any atom is -0.456 e. The number of furan rings is 1. The Balaban J connectivity index is 1.52. The number of carbonyl (C=O) groups excluding carboxylic acids is 1. The van der Waals surface area contributed by atoms with E-state index in [1.165, 1.54) is 11.3 Å². The Morgan fingerprint density at radius 1 is 0.885 bits per heavy atom. The molecule has 3 nitrogen and oxygen atoms in total. The Morgan fingerprint density at radius 3 is 2.46 bits per heavy atom. The molecule has 5 rings (SSSR count). The number of amides is 1. The number of halogens is 1. The number of nitrogens with one attached hydrogen (secondary N) is 1. The number of rotatable bonds is 2. The van der Waals surface area contributed by atoms with Crippen LogP contribution >= 0.6 is 22.9 Å². The molecule has 2 aromatic heterocycles. The standard InChI is InChI=1S/C21H12ClNO2S/c22-19-15-6-2-4-8-18(15)26-20(19)21(24)23-12-9-10-14-13-5-1-3-7-16(13)25-17(14)11-12/h1-11H,(H,23,24). The van der Waals surface area contributed by atoms with E-state index in [2.05, 4.69) is 5.32 Å². The normalized spacial score (nSPS) is 11.4. The molecule has 0 saturated carbocycles. The van der Waals surface area contributed by atoms with Crippen LogP contribution in [-0.4, -0.2) is 5.91 Å². The summed E-state index contributed by atoms with van der Waals surface area (Å²) in [7, 11) is 0. The molecule has 0 fully saturated rings. The number of para-hydroxylation sites is 1. The Morgan fingerprint density at radius 2 is 1.62 bits per heavy atom. The van der Waals surface area contributed by atoms with Crippen molar-refractivity contribution >= 4 is 66.6 Å². The van der Waals surface area contributed by atoms with E-state index in [4.69, 9.17) is 16.0 Å². The molecule has 0 radical (unpaired) electrons. The zero-order valence-corrected chi connectivity index (χ0v) is 15.0. The number of hydrogen-bond acceptors (Lipinski definition) is 3. The highest BCUT2D eigenvalue weighted by molar-refractivity contribution is 7.21. The molecule has 0 unspecified atom stereocenters. The van der Waals surface area contributed by atoms with Gasteiger partial charge in [0.05, 0.1) is 5.02 Å². The van der Waals surface area contributed by atoms with Crippen molar-refractivity contribution in [3.8, 4) is 0 Å². The van der Waals surface area contributed by atoms with Crippen molar-refractivity contribution in [2.75, 3.05) is 5.32 Å². The van der Waals surface area contributed by atoms with Crippen LogP contribution in [0.5, 0.6) is 0 Å². The van der Waals surface area contributed by atoms with Crippen LogP contribution in [0.15, 0.2) is 71.1 Å². The summed E-state index contributed by atoms with van der Waals surface area (Å²) in [5.41, 5.74) is 2.25. The van der Waals surface area contributed by atoms with E-state index in [9.17, 15) is 4.79 Å². The number of hydrogen-bond donors (Lipinski definition) is 1. The summed E-state index contributed by atoms with van der Waals surface area (Å²) in [5.74, 6) is -0.216. The molecule has 0 aliphatic rings. The number of fused-ring (bicyclic) bond motifs is 4. The van der Waals surface area contributed by atoms with Crippen molar-refractivity contribution in [2.24, 2.45) is 0 Å². The Bertz CT molecular complexity index is 1300. The Hall–Kier alpha value is -2.82. The van der Waals surface area contributed by atoms with E-state index in [0.717, 1.165) is 32.0 Å². The molecule has 1 N–H and O–H groups in total. The first-order valence-corrected chi connectivity index (χ1v) is 9.30. The minimum absolute atomic E-state index is 0.216. The first-order chi connectivity index (χ1) is 12.7. The fourth-order valence-corrected chi connectivity index (χ4v) is 4.56. The van der Waals surface area contributed by atoms with E-state index in [0.29, 0.717) is 15.6 Å². The van der Waals surface area contributed by atoms with Gasteiger partial charge in [0, 0.05) is 32.6 Å². The monoisotopic (exact) mass is 377 g/mol. The smallest absolute Gasteiger partial charge is 0.267 e. The average Bonchev–Trinajstić information content (AvgIpc) is 3.19. The Kier molecular flexibility index (Phi) is 3.48. The van der Waals surface area contributed by atoms with Gasteiger partial charge < -0.3 is 9.73 Å². The summed E-state index contributed by atoms with van der Waals surface area (Å²) in [6.45, 7) is 0. The maximum atomic E-state index is 12.7. The van der Waals surface area contributed by atoms with E-state index in [1.807, 2.05) is 66.7 Å². The van der Waals surface area contributed by atoms with Crippen LogP contribution < -0.4 is 5.32 Å². The molecule has 0 saturated heterocycles. The molecule has 26 heavy (non-hydrogen) atoms. The highest BCUT2D eigenvalue weighted by Crippen LogP contribution is 2.36. The molecule has 1 amide bonds. The van der Waals surface area contributed by atoms with Crippen molar-refractivity contribution in [3.63, 3.8) is 0 Å². The van der Waals surface area contributed by atoms with Crippen LogP contribution in [-0.2, 0) is 0 Å². The fraction of sp³-hybridized carbons (Fsp3) is 0. The molecule has 5 heteroatoms. The fourth-order valence-electron chi connectivity index (χ4n) is 3.15. The summed E-state index contributed by atoms with van der Waals surface area (Å²) < 4.78 is 6.87. The zero-order chi connectivity index (χ0) is 17.7. The SMILES string of the molecule is O=C(Nc1ccc2c(c1)oc1ccccc12)c1sc2ccccc2c1Cl. The van der Waals surface area contributed by atoms with E-state index < -0.39 is 0 Å². The second kappa shape index (κ2) is 5.87. The molecule has 0 bridgehead atoms. The summed E-state index contributed by atoms with van der Waals surface area (Å²) in [6.07, 6.45) is 0. The van der Waals surface area contributed by atoms with E-state index in [1.54, 1.807) is 0 Å². The molecular formula is C21H12ClNO2S. The highest BCUT2D eigenvalue weighted by Gasteiger charge is 2.17. The Labute approximate surface area is 157 Å². The first kappa shape index (κ1) is 15.4. The topological polar surface area (TPSA) is 42.2 Å². The van der Waals surface area contributed by atoms with Gasteiger partial charge >= 0.3 is 0 Å². The van der Waals surface area contributed by atoms with E-state index in [-0.39, 0.29) is 5.91 Å².